The summed E-state index contributed by atoms with van der Waals surface area (Å²) in [7, 11) is 2.05. The highest BCUT2D eigenvalue weighted by molar-refractivity contribution is 5.85. The van der Waals surface area contributed by atoms with Crippen LogP contribution in [0.1, 0.15) is 47.8 Å². The number of nitrogens with zero attached hydrogens (tertiary/aromatic N) is 2. The lowest BCUT2D eigenvalue weighted by atomic mass is 9.94. The van der Waals surface area contributed by atoms with E-state index in [1.165, 1.54) is 0 Å². The third kappa shape index (κ3) is 2.49. The Bertz CT molecular complexity index is 414. The van der Waals surface area contributed by atoms with Crippen LogP contribution in [0, 0.1) is 0 Å². The van der Waals surface area contributed by atoms with Crippen molar-refractivity contribution in [3.8, 4) is 0 Å². The van der Waals surface area contributed by atoms with Crippen molar-refractivity contribution in [3.05, 3.63) is 17.3 Å². The van der Waals surface area contributed by atoms with Crippen molar-refractivity contribution < 1.29 is 14.3 Å². The Morgan fingerprint density at radius 2 is 2.41 bits per heavy atom. The van der Waals surface area contributed by atoms with E-state index in [0.29, 0.717) is 18.0 Å². The Morgan fingerprint density at radius 3 is 3.00 bits per heavy atom. The highest BCUT2D eigenvalue weighted by Crippen LogP contribution is 2.28. The molecule has 0 spiro atoms. The fourth-order valence-corrected chi connectivity index (χ4v) is 2.35. The largest absolute Gasteiger partial charge is 0.475 e. The van der Waals surface area contributed by atoms with Crippen molar-refractivity contribution in [3.63, 3.8) is 0 Å². The third-order valence-electron chi connectivity index (χ3n) is 3.21. The van der Waals surface area contributed by atoms with Gasteiger partial charge in [-0.2, -0.15) is 0 Å². The fraction of sp³-hybridized carbons (Fsp3) is 0.667. The minimum Gasteiger partial charge on any atom is -0.475 e. The van der Waals surface area contributed by atoms with Gasteiger partial charge in [0.05, 0.1) is 5.69 Å². The molecule has 1 saturated heterocycles. The molecule has 0 saturated carbocycles. The quantitative estimate of drug-likeness (QED) is 0.868. The number of carbonyl (C=O) groups is 1. The van der Waals surface area contributed by atoms with E-state index < -0.39 is 5.97 Å². The number of aromatic nitrogens is 1. The molecule has 0 aromatic carbocycles. The lowest BCUT2D eigenvalue weighted by molar-refractivity contribution is 0.0657. The maximum absolute atomic E-state index is 11.1. The number of aromatic carboxylic acids is 1. The van der Waals surface area contributed by atoms with Gasteiger partial charge in [-0.05, 0) is 26.4 Å². The molecule has 1 aliphatic rings. The summed E-state index contributed by atoms with van der Waals surface area (Å²) < 4.78 is 5.28. The Labute approximate surface area is 100 Å². The summed E-state index contributed by atoms with van der Waals surface area (Å²) in [6, 6.07) is 0. The van der Waals surface area contributed by atoms with Crippen LogP contribution in [0.5, 0.6) is 0 Å². The molecule has 5 heteroatoms. The average molecular weight is 238 g/mol. The number of likely N-dealkylation sites (N-methyl/N-ethyl adjacent to an activating group) is 1. The normalized spacial score (nSPS) is 21.6. The van der Waals surface area contributed by atoms with Crippen LogP contribution in [0.3, 0.4) is 0 Å². The second-order valence-electron chi connectivity index (χ2n) is 4.58. The van der Waals surface area contributed by atoms with Gasteiger partial charge in [-0.3, -0.25) is 0 Å². The number of carboxylic acid groups (broad SMARTS) is 1. The number of rotatable bonds is 3. The molecule has 5 nitrogen and oxygen atoms in total. The van der Waals surface area contributed by atoms with E-state index in [-0.39, 0.29) is 11.7 Å². The molecular formula is C12H18N2O3. The zero-order valence-electron chi connectivity index (χ0n) is 10.3. The first-order valence-electron chi connectivity index (χ1n) is 6.03. The maximum Gasteiger partial charge on any atom is 0.373 e. The fourth-order valence-electron chi connectivity index (χ4n) is 2.35. The first-order valence-corrected chi connectivity index (χ1v) is 6.03. The summed E-state index contributed by atoms with van der Waals surface area (Å²) in [5.74, 6) is -0.280. The smallest absolute Gasteiger partial charge is 0.373 e. The highest BCUT2D eigenvalue weighted by atomic mass is 16.4. The number of hydrogen-bond acceptors (Lipinski definition) is 4. The van der Waals surface area contributed by atoms with E-state index in [0.717, 1.165) is 25.9 Å². The number of oxazole rings is 1. The summed E-state index contributed by atoms with van der Waals surface area (Å²) in [6.07, 6.45) is 2.69. The van der Waals surface area contributed by atoms with E-state index in [9.17, 15) is 4.79 Å². The molecule has 1 atom stereocenters. The van der Waals surface area contributed by atoms with Crippen molar-refractivity contribution in [2.75, 3.05) is 20.1 Å². The summed E-state index contributed by atoms with van der Waals surface area (Å²) in [5, 5.41) is 9.12. The minimum atomic E-state index is -1.01. The summed E-state index contributed by atoms with van der Waals surface area (Å²) in [4.78, 5) is 17.7. The molecule has 1 aliphatic heterocycles. The molecule has 0 aliphatic carbocycles. The van der Waals surface area contributed by atoms with E-state index in [2.05, 4.69) is 9.88 Å². The first-order chi connectivity index (χ1) is 8.11. The summed E-state index contributed by atoms with van der Waals surface area (Å²) in [6.45, 7) is 3.83. The predicted octanol–water partition coefficient (Wildman–Crippen LogP) is 1.74. The molecule has 94 valence electrons. The topological polar surface area (TPSA) is 66.6 Å². The molecule has 0 radical (unpaired) electrons. The molecule has 1 aromatic rings. The number of aryl methyl sites for hydroxylation is 1. The molecule has 1 aromatic heterocycles. The molecular weight excluding hydrogens is 220 g/mol. The van der Waals surface area contributed by atoms with Crippen LogP contribution in [0.15, 0.2) is 4.42 Å². The SMILES string of the molecule is CCc1nc(C2CCCN(C)C2)c(C(=O)O)o1. The Balaban J connectivity index is 2.29. The van der Waals surface area contributed by atoms with E-state index in [1.807, 2.05) is 14.0 Å². The van der Waals surface area contributed by atoms with Crippen LogP contribution in [0.2, 0.25) is 0 Å². The summed E-state index contributed by atoms with van der Waals surface area (Å²) >= 11 is 0. The van der Waals surface area contributed by atoms with Gasteiger partial charge in [0.25, 0.3) is 0 Å². The maximum atomic E-state index is 11.1. The number of carboxylic acids is 1. The van der Waals surface area contributed by atoms with Crippen molar-refractivity contribution in [2.45, 2.75) is 32.1 Å². The van der Waals surface area contributed by atoms with Gasteiger partial charge < -0.3 is 14.4 Å². The van der Waals surface area contributed by atoms with E-state index >= 15 is 0 Å². The Hall–Kier alpha value is -1.36. The van der Waals surface area contributed by atoms with Gasteiger partial charge in [0.1, 0.15) is 0 Å². The first kappa shape index (κ1) is 12.1. The van der Waals surface area contributed by atoms with Crippen LogP contribution in [-0.2, 0) is 6.42 Å². The van der Waals surface area contributed by atoms with Crippen molar-refractivity contribution >= 4 is 5.97 Å². The molecule has 1 unspecified atom stereocenters. The van der Waals surface area contributed by atoms with Crippen LogP contribution < -0.4 is 0 Å². The molecule has 0 amide bonds. The van der Waals surface area contributed by atoms with E-state index in [1.54, 1.807) is 0 Å². The average Bonchev–Trinajstić information content (AvgIpc) is 2.73. The molecule has 1 N–H and O–H groups in total. The van der Waals surface area contributed by atoms with Crippen LogP contribution in [0.25, 0.3) is 0 Å². The van der Waals surface area contributed by atoms with Crippen molar-refractivity contribution in [1.82, 2.24) is 9.88 Å². The molecule has 2 rings (SSSR count). The standard InChI is InChI=1S/C12H18N2O3/c1-3-9-13-10(11(17-9)12(15)16)8-5-4-6-14(2)7-8/h8H,3-7H2,1-2H3,(H,15,16). The van der Waals surface area contributed by atoms with Crippen molar-refractivity contribution in [1.29, 1.82) is 0 Å². The molecule has 1 fully saturated rings. The lowest BCUT2D eigenvalue weighted by Crippen LogP contribution is -2.31. The summed E-state index contributed by atoms with van der Waals surface area (Å²) in [5.41, 5.74) is 0.626. The van der Waals surface area contributed by atoms with Gasteiger partial charge in [-0.1, -0.05) is 6.92 Å². The van der Waals surface area contributed by atoms with Crippen molar-refractivity contribution in [2.24, 2.45) is 0 Å². The Kier molecular flexibility index (Phi) is 3.47. The van der Waals surface area contributed by atoms with E-state index in [4.69, 9.17) is 9.52 Å². The molecule has 17 heavy (non-hydrogen) atoms. The molecule has 2 heterocycles. The lowest BCUT2D eigenvalue weighted by Gasteiger charge is -2.28. The van der Waals surface area contributed by atoms with Gasteiger partial charge in [0, 0.05) is 18.9 Å². The van der Waals surface area contributed by atoms with Crippen LogP contribution in [0.4, 0.5) is 0 Å². The van der Waals surface area contributed by atoms with Gasteiger partial charge in [0.15, 0.2) is 5.89 Å². The van der Waals surface area contributed by atoms with Gasteiger partial charge in [-0.25, -0.2) is 9.78 Å². The number of piperidine rings is 1. The monoisotopic (exact) mass is 238 g/mol. The predicted molar refractivity (Wildman–Crippen MR) is 62.3 cm³/mol. The minimum absolute atomic E-state index is 0.0298. The third-order valence-corrected chi connectivity index (χ3v) is 3.21. The zero-order chi connectivity index (χ0) is 12.4. The number of hydrogen-bond donors (Lipinski definition) is 1. The zero-order valence-corrected chi connectivity index (χ0v) is 10.3. The number of likely N-dealkylation sites (tertiary alicyclic amines) is 1. The van der Waals surface area contributed by atoms with Gasteiger partial charge >= 0.3 is 5.97 Å². The van der Waals surface area contributed by atoms with Gasteiger partial charge in [0.2, 0.25) is 5.76 Å². The second-order valence-corrected chi connectivity index (χ2v) is 4.58. The van der Waals surface area contributed by atoms with Crippen LogP contribution in [-0.4, -0.2) is 41.1 Å². The second kappa shape index (κ2) is 4.87. The highest BCUT2D eigenvalue weighted by Gasteiger charge is 2.28. The van der Waals surface area contributed by atoms with Crippen LogP contribution >= 0.6 is 0 Å². The van der Waals surface area contributed by atoms with Gasteiger partial charge in [-0.15, -0.1) is 0 Å². The Morgan fingerprint density at radius 1 is 1.65 bits per heavy atom. The molecule has 0 bridgehead atoms.